The maximum atomic E-state index is 13.3. The number of piperidine rings is 1. The smallest absolute Gasteiger partial charge is 0.394 e. The molecule has 0 spiro atoms. The van der Waals surface area contributed by atoms with Gasteiger partial charge in [0, 0.05) is 50.0 Å². The van der Waals surface area contributed by atoms with Gasteiger partial charge in [0.1, 0.15) is 0 Å². The summed E-state index contributed by atoms with van der Waals surface area (Å²) in [5.41, 5.74) is 2.81. The monoisotopic (exact) mass is 530 g/mol. The van der Waals surface area contributed by atoms with Gasteiger partial charge in [-0.05, 0) is 30.2 Å². The van der Waals surface area contributed by atoms with Gasteiger partial charge in [-0.3, -0.25) is 14.4 Å². The van der Waals surface area contributed by atoms with Gasteiger partial charge in [0.25, 0.3) is 5.91 Å². The standard InChI is InChI=1S/C22H19F3N4O2.C4H6O3/c23-22(24,25)21-27-19(28-31-21)14-6-7-15-12-29(20(30)16(15)10-14)18-8-9-26-11-17(18)13-4-2-1-3-5-13;1-3(5)7-4(2)6/h1-7,10,17-18,26H,8-9,11-12H2;1-2H3/t17-,18-;/m1./s1. The lowest BCUT2D eigenvalue weighted by molar-refractivity contribution is -0.159. The minimum absolute atomic E-state index is 0.0361. The summed E-state index contributed by atoms with van der Waals surface area (Å²) < 4.78 is 46.6. The van der Waals surface area contributed by atoms with Crippen LogP contribution in [0.4, 0.5) is 13.2 Å². The van der Waals surface area contributed by atoms with E-state index in [1.807, 2.05) is 23.1 Å². The summed E-state index contributed by atoms with van der Waals surface area (Å²) in [7, 11) is 0. The molecule has 1 saturated heterocycles. The van der Waals surface area contributed by atoms with Gasteiger partial charge in [-0.1, -0.05) is 47.6 Å². The van der Waals surface area contributed by atoms with E-state index in [9.17, 15) is 27.6 Å². The zero-order valence-electron chi connectivity index (χ0n) is 20.6. The number of hydrogen-bond acceptors (Lipinski definition) is 8. The summed E-state index contributed by atoms with van der Waals surface area (Å²) in [6.07, 6.45) is -3.89. The molecule has 3 heterocycles. The summed E-state index contributed by atoms with van der Waals surface area (Å²) in [5, 5.41) is 6.84. The lowest BCUT2D eigenvalue weighted by Gasteiger charge is -2.38. The molecule has 1 amide bonds. The third kappa shape index (κ3) is 6.08. The van der Waals surface area contributed by atoms with Gasteiger partial charge in [-0.2, -0.15) is 18.2 Å². The van der Waals surface area contributed by atoms with Gasteiger partial charge in [0.2, 0.25) is 5.82 Å². The van der Waals surface area contributed by atoms with E-state index in [4.69, 9.17) is 0 Å². The Morgan fingerprint density at radius 2 is 1.82 bits per heavy atom. The van der Waals surface area contributed by atoms with Crippen LogP contribution >= 0.6 is 0 Å². The summed E-state index contributed by atoms with van der Waals surface area (Å²) in [6, 6.07) is 15.1. The number of fused-ring (bicyclic) bond motifs is 1. The molecular formula is C26H25F3N4O5. The number of ether oxygens (including phenoxy) is 1. The second-order valence-electron chi connectivity index (χ2n) is 8.89. The molecule has 38 heavy (non-hydrogen) atoms. The van der Waals surface area contributed by atoms with E-state index in [0.29, 0.717) is 17.7 Å². The first-order valence-corrected chi connectivity index (χ1v) is 11.8. The van der Waals surface area contributed by atoms with Crippen LogP contribution in [0.25, 0.3) is 11.4 Å². The van der Waals surface area contributed by atoms with Crippen LogP contribution in [-0.2, 0) is 27.0 Å². The average Bonchev–Trinajstić information content (AvgIpc) is 3.50. The fraction of sp³-hybridized carbons (Fsp3) is 0.346. The molecule has 12 heteroatoms. The van der Waals surface area contributed by atoms with E-state index in [-0.39, 0.29) is 23.7 Å². The predicted octanol–water partition coefficient (Wildman–Crippen LogP) is 3.95. The first kappa shape index (κ1) is 27.0. The lowest BCUT2D eigenvalue weighted by atomic mass is 9.86. The van der Waals surface area contributed by atoms with Gasteiger partial charge in [0.05, 0.1) is 0 Å². The molecule has 2 atom stereocenters. The maximum absolute atomic E-state index is 13.3. The zero-order valence-corrected chi connectivity index (χ0v) is 20.6. The number of esters is 2. The SMILES string of the molecule is CC(=O)OC(C)=O.O=C1c2cc(-c3noc(C(F)(F)F)n3)ccc2CN1[C@@H]1CCNC[C@@H]1c1ccccc1. The van der Waals surface area contributed by atoms with Crippen molar-refractivity contribution in [3.05, 3.63) is 71.1 Å². The highest BCUT2D eigenvalue weighted by Gasteiger charge is 2.40. The van der Waals surface area contributed by atoms with E-state index in [2.05, 4.69) is 36.9 Å². The molecule has 5 rings (SSSR count). The number of carbonyl (C=O) groups excluding carboxylic acids is 3. The van der Waals surface area contributed by atoms with Crippen LogP contribution in [0.5, 0.6) is 0 Å². The van der Waals surface area contributed by atoms with Crippen molar-refractivity contribution in [3.8, 4) is 11.4 Å². The van der Waals surface area contributed by atoms with Crippen LogP contribution in [0.15, 0.2) is 53.1 Å². The molecule has 2 aliphatic rings. The largest absolute Gasteiger partial charge is 0.471 e. The number of carbonyl (C=O) groups is 3. The van der Waals surface area contributed by atoms with Crippen LogP contribution in [0.1, 0.15) is 53.6 Å². The van der Waals surface area contributed by atoms with E-state index in [1.54, 1.807) is 18.2 Å². The highest BCUT2D eigenvalue weighted by atomic mass is 19.4. The fourth-order valence-electron chi connectivity index (χ4n) is 4.65. The average molecular weight is 531 g/mol. The Hall–Kier alpha value is -4.06. The van der Waals surface area contributed by atoms with Crippen molar-refractivity contribution in [2.45, 2.75) is 44.9 Å². The fourth-order valence-corrected chi connectivity index (χ4v) is 4.65. The number of rotatable bonds is 3. The molecule has 200 valence electrons. The predicted molar refractivity (Wildman–Crippen MR) is 128 cm³/mol. The first-order chi connectivity index (χ1) is 18.0. The molecule has 1 fully saturated rings. The van der Waals surface area contributed by atoms with Crippen molar-refractivity contribution in [2.24, 2.45) is 0 Å². The van der Waals surface area contributed by atoms with Crippen molar-refractivity contribution >= 4 is 17.8 Å². The second-order valence-corrected chi connectivity index (χ2v) is 8.89. The molecule has 0 bridgehead atoms. The Balaban J connectivity index is 0.000000426. The minimum Gasteiger partial charge on any atom is -0.394 e. The molecule has 2 aliphatic heterocycles. The number of alkyl halides is 3. The molecule has 0 aliphatic carbocycles. The number of nitrogens with zero attached hydrogens (tertiary/aromatic N) is 3. The summed E-state index contributed by atoms with van der Waals surface area (Å²) >= 11 is 0. The van der Waals surface area contributed by atoms with Crippen molar-refractivity contribution < 1.29 is 36.8 Å². The van der Waals surface area contributed by atoms with Crippen LogP contribution < -0.4 is 5.32 Å². The number of halogens is 3. The van der Waals surface area contributed by atoms with Crippen molar-refractivity contribution in [3.63, 3.8) is 0 Å². The minimum atomic E-state index is -4.71. The number of nitrogens with one attached hydrogen (secondary N) is 1. The molecule has 0 unspecified atom stereocenters. The second kappa shape index (κ2) is 11.1. The Kier molecular flexibility index (Phi) is 7.91. The Morgan fingerprint density at radius 1 is 1.11 bits per heavy atom. The Bertz CT molecular complexity index is 1310. The van der Waals surface area contributed by atoms with E-state index < -0.39 is 24.0 Å². The highest BCUT2D eigenvalue weighted by molar-refractivity contribution is 5.99. The Morgan fingerprint density at radius 3 is 2.42 bits per heavy atom. The van der Waals surface area contributed by atoms with E-state index >= 15 is 0 Å². The van der Waals surface area contributed by atoms with Gasteiger partial charge < -0.3 is 19.5 Å². The van der Waals surface area contributed by atoms with Gasteiger partial charge in [-0.15, -0.1) is 0 Å². The third-order valence-electron chi connectivity index (χ3n) is 6.23. The molecular weight excluding hydrogens is 505 g/mol. The molecule has 0 radical (unpaired) electrons. The molecule has 1 N–H and O–H groups in total. The lowest BCUT2D eigenvalue weighted by Crippen LogP contribution is -2.48. The molecule has 9 nitrogen and oxygen atoms in total. The molecule has 0 saturated carbocycles. The van der Waals surface area contributed by atoms with Gasteiger partial charge in [0.15, 0.2) is 0 Å². The summed E-state index contributed by atoms with van der Waals surface area (Å²) in [4.78, 5) is 38.2. The van der Waals surface area contributed by atoms with Crippen molar-refractivity contribution in [2.75, 3.05) is 13.1 Å². The van der Waals surface area contributed by atoms with Crippen molar-refractivity contribution in [1.82, 2.24) is 20.4 Å². The quantitative estimate of drug-likeness (QED) is 0.400. The van der Waals surface area contributed by atoms with Crippen LogP contribution in [0.3, 0.4) is 0 Å². The highest BCUT2D eigenvalue weighted by Crippen LogP contribution is 2.36. The van der Waals surface area contributed by atoms with E-state index in [1.165, 1.54) is 19.4 Å². The van der Waals surface area contributed by atoms with E-state index in [0.717, 1.165) is 25.1 Å². The first-order valence-electron chi connectivity index (χ1n) is 11.8. The zero-order chi connectivity index (χ0) is 27.4. The summed E-state index contributed by atoms with van der Waals surface area (Å²) in [6.45, 7) is 4.44. The van der Waals surface area contributed by atoms with Crippen molar-refractivity contribution in [1.29, 1.82) is 0 Å². The Labute approximate surface area is 216 Å². The summed E-state index contributed by atoms with van der Waals surface area (Å²) in [5.74, 6) is -2.68. The number of aromatic nitrogens is 2. The molecule has 3 aromatic rings. The number of benzene rings is 2. The maximum Gasteiger partial charge on any atom is 0.471 e. The van der Waals surface area contributed by atoms with Crippen LogP contribution in [0, 0.1) is 0 Å². The topological polar surface area (TPSA) is 115 Å². The number of hydrogen-bond donors (Lipinski definition) is 1. The number of amides is 1. The molecule has 2 aromatic carbocycles. The normalized spacial score (nSPS) is 18.9. The van der Waals surface area contributed by atoms with Gasteiger partial charge >= 0.3 is 24.0 Å². The third-order valence-corrected chi connectivity index (χ3v) is 6.23. The van der Waals surface area contributed by atoms with Gasteiger partial charge in [-0.25, -0.2) is 0 Å². The molecule has 1 aromatic heterocycles. The van der Waals surface area contributed by atoms with Crippen LogP contribution in [-0.4, -0.2) is 52.0 Å². The van der Waals surface area contributed by atoms with Crippen LogP contribution in [0.2, 0.25) is 0 Å².